The number of para-hydroxylation sites is 1. The molecule has 2 rings (SSSR count). The van der Waals surface area contributed by atoms with Gasteiger partial charge in [0.15, 0.2) is 0 Å². The maximum atomic E-state index is 13.3. The first kappa shape index (κ1) is 13.3. The van der Waals surface area contributed by atoms with Crippen LogP contribution in [0.1, 0.15) is 0 Å². The molecule has 102 valence electrons. The van der Waals surface area contributed by atoms with Crippen molar-refractivity contribution < 1.29 is 14.0 Å². The third-order valence-corrected chi connectivity index (χ3v) is 3.12. The van der Waals surface area contributed by atoms with Gasteiger partial charge in [-0.25, -0.2) is 4.39 Å². The molecule has 0 unspecified atom stereocenters. The fourth-order valence-electron chi connectivity index (χ4n) is 1.96. The van der Waals surface area contributed by atoms with Crippen LogP contribution in [0.15, 0.2) is 24.3 Å². The van der Waals surface area contributed by atoms with Crippen LogP contribution in [0.2, 0.25) is 0 Å². The Hall–Kier alpha value is -2.11. The Morgan fingerprint density at radius 3 is 2.58 bits per heavy atom. The highest BCUT2D eigenvalue weighted by Crippen LogP contribution is 2.12. The van der Waals surface area contributed by atoms with Gasteiger partial charge in [0.1, 0.15) is 5.82 Å². The van der Waals surface area contributed by atoms with Crippen LogP contribution in [0.25, 0.3) is 0 Å². The molecule has 1 saturated heterocycles. The number of nitrogens with zero attached hydrogens (tertiary/aromatic N) is 2. The van der Waals surface area contributed by atoms with Crippen LogP contribution in [-0.4, -0.2) is 54.8 Å². The van der Waals surface area contributed by atoms with Gasteiger partial charge in [-0.15, -0.1) is 0 Å². The van der Waals surface area contributed by atoms with Crippen LogP contribution in [0, 0.1) is 5.82 Å². The summed E-state index contributed by atoms with van der Waals surface area (Å²) >= 11 is 0. The smallest absolute Gasteiger partial charge is 0.241 e. The molecule has 1 aliphatic heterocycles. The second-order valence-electron chi connectivity index (χ2n) is 4.36. The first-order chi connectivity index (χ1) is 9.20. The summed E-state index contributed by atoms with van der Waals surface area (Å²) in [6.07, 6.45) is 0.791. The van der Waals surface area contributed by atoms with Gasteiger partial charge in [0, 0.05) is 26.2 Å². The van der Waals surface area contributed by atoms with Gasteiger partial charge in [-0.3, -0.25) is 9.59 Å². The number of piperazine rings is 1. The average molecular weight is 265 g/mol. The molecule has 5 nitrogen and oxygen atoms in total. The summed E-state index contributed by atoms with van der Waals surface area (Å²) in [5.74, 6) is -0.463. The van der Waals surface area contributed by atoms with Gasteiger partial charge in [-0.2, -0.15) is 0 Å². The first-order valence-electron chi connectivity index (χ1n) is 6.16. The molecule has 6 heteroatoms. The minimum Gasteiger partial charge on any atom is -0.374 e. The molecule has 0 saturated carbocycles. The monoisotopic (exact) mass is 265 g/mol. The lowest BCUT2D eigenvalue weighted by Gasteiger charge is -2.32. The number of benzene rings is 1. The lowest BCUT2D eigenvalue weighted by Crippen LogP contribution is -2.49. The molecule has 1 aliphatic rings. The molecule has 1 aromatic carbocycles. The van der Waals surface area contributed by atoms with E-state index in [4.69, 9.17) is 0 Å². The highest BCUT2D eigenvalue weighted by Gasteiger charge is 2.19. The predicted octanol–water partition coefficient (Wildman–Crippen LogP) is 0.538. The predicted molar refractivity (Wildman–Crippen MR) is 69.1 cm³/mol. The molecule has 19 heavy (non-hydrogen) atoms. The van der Waals surface area contributed by atoms with Gasteiger partial charge in [0.25, 0.3) is 0 Å². The Bertz CT molecular complexity index is 459. The molecule has 2 amide bonds. The van der Waals surface area contributed by atoms with E-state index < -0.39 is 0 Å². The Kier molecular flexibility index (Phi) is 4.33. The van der Waals surface area contributed by atoms with Gasteiger partial charge >= 0.3 is 0 Å². The van der Waals surface area contributed by atoms with Crippen molar-refractivity contribution in [2.75, 3.05) is 38.0 Å². The van der Waals surface area contributed by atoms with Gasteiger partial charge in [-0.05, 0) is 12.1 Å². The summed E-state index contributed by atoms with van der Waals surface area (Å²) < 4.78 is 13.3. The van der Waals surface area contributed by atoms with Crippen LogP contribution in [0.4, 0.5) is 10.1 Å². The van der Waals surface area contributed by atoms with Crippen molar-refractivity contribution in [3.05, 3.63) is 30.1 Å². The number of hydrogen-bond acceptors (Lipinski definition) is 3. The lowest BCUT2D eigenvalue weighted by atomic mass is 10.3. The van der Waals surface area contributed by atoms with Crippen LogP contribution in [0.3, 0.4) is 0 Å². The quantitative estimate of drug-likeness (QED) is 0.808. The summed E-state index contributed by atoms with van der Waals surface area (Å²) in [4.78, 5) is 25.8. The maximum Gasteiger partial charge on any atom is 0.241 e. The topological polar surface area (TPSA) is 52.7 Å². The van der Waals surface area contributed by atoms with Crippen LogP contribution < -0.4 is 5.32 Å². The number of carbonyl (C=O) groups excluding carboxylic acids is 2. The standard InChI is InChI=1S/C13H16FN3O2/c14-11-3-1-2-4-12(11)15-9-13(19)17-7-5-16(10-18)6-8-17/h1-4,10,15H,5-9H2. The molecule has 1 N–H and O–H groups in total. The molecule has 0 radical (unpaired) electrons. The molecule has 0 aromatic heterocycles. The zero-order chi connectivity index (χ0) is 13.7. The van der Waals surface area contributed by atoms with Gasteiger partial charge in [0.05, 0.1) is 12.2 Å². The molecule has 0 atom stereocenters. The van der Waals surface area contributed by atoms with Crippen molar-refractivity contribution >= 4 is 18.0 Å². The minimum absolute atomic E-state index is 0.0576. The highest BCUT2D eigenvalue weighted by molar-refractivity contribution is 5.81. The lowest BCUT2D eigenvalue weighted by molar-refractivity contribution is -0.133. The molecule has 1 heterocycles. The van der Waals surface area contributed by atoms with E-state index in [0.29, 0.717) is 31.9 Å². The summed E-state index contributed by atoms with van der Waals surface area (Å²) in [6.45, 7) is 2.21. The van der Waals surface area contributed by atoms with Crippen LogP contribution in [-0.2, 0) is 9.59 Å². The number of nitrogens with one attached hydrogen (secondary N) is 1. The number of halogens is 1. The van der Waals surface area contributed by atoms with E-state index in [1.165, 1.54) is 6.07 Å². The fourth-order valence-corrected chi connectivity index (χ4v) is 1.96. The Labute approximate surface area is 111 Å². The molecule has 0 bridgehead atoms. The summed E-state index contributed by atoms with van der Waals surface area (Å²) in [5.41, 5.74) is 0.322. The third-order valence-electron chi connectivity index (χ3n) is 3.12. The maximum absolute atomic E-state index is 13.3. The van der Waals surface area contributed by atoms with Crippen molar-refractivity contribution in [1.29, 1.82) is 0 Å². The Morgan fingerprint density at radius 2 is 1.95 bits per heavy atom. The van der Waals surface area contributed by atoms with Gasteiger partial charge in [-0.1, -0.05) is 12.1 Å². The van der Waals surface area contributed by atoms with E-state index in [-0.39, 0.29) is 18.3 Å². The molecule has 0 aliphatic carbocycles. The largest absolute Gasteiger partial charge is 0.374 e. The third kappa shape index (κ3) is 3.43. The summed E-state index contributed by atoms with van der Waals surface area (Å²) in [5, 5.41) is 2.79. The number of carbonyl (C=O) groups is 2. The van der Waals surface area contributed by atoms with E-state index in [0.717, 1.165) is 6.41 Å². The first-order valence-corrected chi connectivity index (χ1v) is 6.16. The van der Waals surface area contributed by atoms with E-state index >= 15 is 0 Å². The Balaban J connectivity index is 1.82. The van der Waals surface area contributed by atoms with E-state index in [1.54, 1.807) is 28.0 Å². The van der Waals surface area contributed by atoms with Crippen LogP contribution in [0.5, 0.6) is 0 Å². The molecule has 1 aromatic rings. The zero-order valence-corrected chi connectivity index (χ0v) is 10.5. The van der Waals surface area contributed by atoms with Crippen molar-refractivity contribution in [3.63, 3.8) is 0 Å². The Morgan fingerprint density at radius 1 is 1.26 bits per heavy atom. The molecule has 1 fully saturated rings. The van der Waals surface area contributed by atoms with Crippen molar-refractivity contribution in [2.45, 2.75) is 0 Å². The summed E-state index contributed by atoms with van der Waals surface area (Å²) in [7, 11) is 0. The fraction of sp³-hybridized carbons (Fsp3) is 0.385. The van der Waals surface area contributed by atoms with Crippen molar-refractivity contribution in [3.8, 4) is 0 Å². The van der Waals surface area contributed by atoms with Crippen molar-refractivity contribution in [1.82, 2.24) is 9.80 Å². The normalized spacial score (nSPS) is 15.2. The second-order valence-corrected chi connectivity index (χ2v) is 4.36. The van der Waals surface area contributed by atoms with Gasteiger partial charge < -0.3 is 15.1 Å². The molecular formula is C13H16FN3O2. The number of anilines is 1. The number of rotatable bonds is 4. The van der Waals surface area contributed by atoms with E-state index in [2.05, 4.69) is 5.32 Å². The SMILES string of the molecule is O=CN1CCN(C(=O)CNc2ccccc2F)CC1. The summed E-state index contributed by atoms with van der Waals surface area (Å²) in [6, 6.07) is 6.24. The average Bonchev–Trinajstić information content (AvgIpc) is 2.46. The van der Waals surface area contributed by atoms with Gasteiger partial charge in [0.2, 0.25) is 12.3 Å². The molecular weight excluding hydrogens is 249 g/mol. The van der Waals surface area contributed by atoms with Crippen LogP contribution >= 0.6 is 0 Å². The van der Waals surface area contributed by atoms with E-state index in [1.807, 2.05) is 0 Å². The minimum atomic E-state index is -0.374. The second kappa shape index (κ2) is 6.17. The van der Waals surface area contributed by atoms with Crippen molar-refractivity contribution in [2.24, 2.45) is 0 Å². The number of amides is 2. The van der Waals surface area contributed by atoms with E-state index in [9.17, 15) is 14.0 Å². The molecule has 0 spiro atoms. The number of hydrogen-bond donors (Lipinski definition) is 1. The zero-order valence-electron chi connectivity index (χ0n) is 10.5. The highest BCUT2D eigenvalue weighted by atomic mass is 19.1.